The predicted octanol–water partition coefficient (Wildman–Crippen LogP) is 1.13. The number of hydrogen-bond donors (Lipinski definition) is 4. The van der Waals surface area contributed by atoms with E-state index in [0.29, 0.717) is 36.6 Å². The SMILES string of the molecule is CNC(=O)c1ccnc(NC(=O)N2C3=C(C=CC(C(=O)N[C@H](C)C(F)(F)F)N3)N3CC[C@H]2C3)c1. The summed E-state index contributed by atoms with van der Waals surface area (Å²) in [5, 5.41) is 10.0. The van der Waals surface area contributed by atoms with E-state index >= 15 is 0 Å². The van der Waals surface area contributed by atoms with E-state index in [1.54, 1.807) is 6.08 Å². The molecule has 3 atom stereocenters. The van der Waals surface area contributed by atoms with Crippen LogP contribution in [0.5, 0.6) is 0 Å². The van der Waals surface area contributed by atoms with Crippen molar-refractivity contribution in [3.05, 3.63) is 47.6 Å². The fraction of sp³-hybridized carbons (Fsp3) is 0.429. The van der Waals surface area contributed by atoms with Gasteiger partial charge in [0.1, 0.15) is 23.7 Å². The summed E-state index contributed by atoms with van der Waals surface area (Å²) in [4.78, 5) is 45.2. The van der Waals surface area contributed by atoms with Crippen molar-refractivity contribution in [1.29, 1.82) is 0 Å². The molecular formula is C21H24F3N7O3. The van der Waals surface area contributed by atoms with Crippen LogP contribution in [0.2, 0.25) is 0 Å². The Kier molecular flexibility index (Phi) is 6.11. The number of carbonyl (C=O) groups is 3. The molecule has 10 nitrogen and oxygen atoms in total. The zero-order valence-corrected chi connectivity index (χ0v) is 18.4. The maximum atomic E-state index is 13.3. The lowest BCUT2D eigenvalue weighted by molar-refractivity contribution is -0.158. The molecule has 3 aliphatic rings. The molecule has 0 aromatic carbocycles. The van der Waals surface area contributed by atoms with Crippen molar-refractivity contribution < 1.29 is 27.6 Å². The monoisotopic (exact) mass is 479 g/mol. The fourth-order valence-corrected chi connectivity index (χ4v) is 4.10. The summed E-state index contributed by atoms with van der Waals surface area (Å²) in [6.07, 6.45) is 0.600. The number of amides is 4. The number of aromatic nitrogens is 1. The number of allylic oxidation sites excluding steroid dienone is 1. The molecule has 0 spiro atoms. The van der Waals surface area contributed by atoms with Crippen LogP contribution in [-0.2, 0) is 4.79 Å². The number of nitrogens with zero attached hydrogens (tertiary/aromatic N) is 3. The number of anilines is 1. The Hall–Kier alpha value is -3.77. The molecule has 0 aliphatic carbocycles. The second-order valence-corrected chi connectivity index (χ2v) is 8.18. The highest BCUT2D eigenvalue weighted by molar-refractivity contribution is 5.96. The molecule has 4 rings (SSSR count). The van der Waals surface area contributed by atoms with Gasteiger partial charge in [-0.05, 0) is 31.6 Å². The highest BCUT2D eigenvalue weighted by Crippen LogP contribution is 2.33. The van der Waals surface area contributed by atoms with Gasteiger partial charge in [0.25, 0.3) is 5.91 Å². The second-order valence-electron chi connectivity index (χ2n) is 8.18. The average molecular weight is 479 g/mol. The van der Waals surface area contributed by atoms with E-state index in [2.05, 4.69) is 20.9 Å². The number of pyridine rings is 1. The molecule has 3 aliphatic heterocycles. The second kappa shape index (κ2) is 8.88. The minimum atomic E-state index is -4.57. The van der Waals surface area contributed by atoms with E-state index in [1.165, 1.54) is 36.4 Å². The van der Waals surface area contributed by atoms with Crippen molar-refractivity contribution in [2.75, 3.05) is 25.5 Å². The highest BCUT2D eigenvalue weighted by atomic mass is 19.4. The zero-order chi connectivity index (χ0) is 24.6. The first-order valence-electron chi connectivity index (χ1n) is 10.7. The normalized spacial score (nSPS) is 22.0. The molecule has 1 aromatic rings. The molecule has 0 radical (unpaired) electrons. The lowest BCUT2D eigenvalue weighted by Gasteiger charge is -2.41. The van der Waals surface area contributed by atoms with E-state index in [0.717, 1.165) is 6.92 Å². The Morgan fingerprint density at radius 3 is 2.76 bits per heavy atom. The van der Waals surface area contributed by atoms with E-state index in [-0.39, 0.29) is 17.8 Å². The molecule has 182 valence electrons. The van der Waals surface area contributed by atoms with Gasteiger partial charge < -0.3 is 20.9 Å². The molecule has 34 heavy (non-hydrogen) atoms. The summed E-state index contributed by atoms with van der Waals surface area (Å²) < 4.78 is 38.6. The van der Waals surface area contributed by atoms with Crippen LogP contribution < -0.4 is 21.3 Å². The highest BCUT2D eigenvalue weighted by Gasteiger charge is 2.43. The van der Waals surface area contributed by atoms with Crippen molar-refractivity contribution in [2.24, 2.45) is 0 Å². The molecule has 0 saturated carbocycles. The van der Waals surface area contributed by atoms with Gasteiger partial charge >= 0.3 is 12.2 Å². The third-order valence-electron chi connectivity index (χ3n) is 5.93. The number of alkyl halides is 3. The molecule has 1 fully saturated rings. The van der Waals surface area contributed by atoms with Gasteiger partial charge in [-0.15, -0.1) is 0 Å². The number of carbonyl (C=O) groups excluding carboxylic acids is 3. The van der Waals surface area contributed by atoms with Gasteiger partial charge in [-0.25, -0.2) is 9.78 Å². The first-order chi connectivity index (χ1) is 16.1. The van der Waals surface area contributed by atoms with E-state index < -0.39 is 30.2 Å². The molecule has 1 saturated heterocycles. The van der Waals surface area contributed by atoms with Crippen LogP contribution in [0.4, 0.5) is 23.8 Å². The molecule has 13 heteroatoms. The van der Waals surface area contributed by atoms with Gasteiger partial charge in [-0.2, -0.15) is 13.2 Å². The van der Waals surface area contributed by atoms with Crippen molar-refractivity contribution in [1.82, 2.24) is 30.7 Å². The summed E-state index contributed by atoms with van der Waals surface area (Å²) in [6.45, 7) is 2.12. The van der Waals surface area contributed by atoms with Crippen LogP contribution in [0.1, 0.15) is 23.7 Å². The summed E-state index contributed by atoms with van der Waals surface area (Å²) in [5.41, 5.74) is 0.983. The Morgan fingerprint density at radius 1 is 1.29 bits per heavy atom. The lowest BCUT2D eigenvalue weighted by atomic mass is 10.1. The molecule has 4 heterocycles. The Bertz CT molecular complexity index is 1070. The summed E-state index contributed by atoms with van der Waals surface area (Å²) in [5.74, 6) is -0.710. The molecule has 4 amide bonds. The summed E-state index contributed by atoms with van der Waals surface area (Å²) >= 11 is 0. The maximum Gasteiger partial charge on any atom is 0.408 e. The van der Waals surface area contributed by atoms with Crippen LogP contribution in [-0.4, -0.2) is 77.1 Å². The minimum absolute atomic E-state index is 0.160. The third-order valence-corrected chi connectivity index (χ3v) is 5.93. The minimum Gasteiger partial charge on any atom is -0.366 e. The third kappa shape index (κ3) is 4.50. The number of fused-ring (bicyclic) bond motifs is 3. The lowest BCUT2D eigenvalue weighted by Crippen LogP contribution is -2.57. The van der Waals surface area contributed by atoms with Crippen LogP contribution in [0.15, 0.2) is 42.0 Å². The van der Waals surface area contributed by atoms with Crippen molar-refractivity contribution in [3.63, 3.8) is 0 Å². The topological polar surface area (TPSA) is 119 Å². The Balaban J connectivity index is 1.54. The van der Waals surface area contributed by atoms with Crippen molar-refractivity contribution >= 4 is 23.7 Å². The van der Waals surface area contributed by atoms with Gasteiger partial charge in [0.15, 0.2) is 0 Å². The molecule has 4 N–H and O–H groups in total. The Labute approximate surface area is 193 Å². The fourth-order valence-electron chi connectivity index (χ4n) is 4.10. The summed E-state index contributed by atoms with van der Waals surface area (Å²) in [7, 11) is 1.49. The van der Waals surface area contributed by atoms with Gasteiger partial charge in [0.2, 0.25) is 5.91 Å². The molecule has 1 unspecified atom stereocenters. The number of dihydropyridines is 1. The van der Waals surface area contributed by atoms with Gasteiger partial charge in [0.05, 0.1) is 11.7 Å². The standard InChI is InChI=1S/C21H24F3N7O3/c1-11(21(22,23)24)27-19(33)14-3-4-15-17(28-14)31(13-6-8-30(15)10-13)20(34)29-16-9-12(5-7-26-16)18(32)25-2/h3-5,7,9,11,13-14,28H,6,8,10H2,1-2H3,(H,25,32)(H,27,33)(H,26,29,34)/t11-,13+,14?/m1/s1. The van der Waals surface area contributed by atoms with Crippen LogP contribution >= 0.6 is 0 Å². The van der Waals surface area contributed by atoms with Crippen LogP contribution in [0, 0.1) is 0 Å². The van der Waals surface area contributed by atoms with Crippen LogP contribution in [0.3, 0.4) is 0 Å². The largest absolute Gasteiger partial charge is 0.408 e. The summed E-state index contributed by atoms with van der Waals surface area (Å²) in [6, 6.07) is -0.922. The molecule has 2 bridgehead atoms. The van der Waals surface area contributed by atoms with E-state index in [9.17, 15) is 27.6 Å². The first-order valence-corrected chi connectivity index (χ1v) is 10.7. The number of nitrogens with one attached hydrogen (secondary N) is 4. The quantitative estimate of drug-likeness (QED) is 0.514. The van der Waals surface area contributed by atoms with Crippen molar-refractivity contribution in [3.8, 4) is 0 Å². The predicted molar refractivity (Wildman–Crippen MR) is 115 cm³/mol. The van der Waals surface area contributed by atoms with E-state index in [1.807, 2.05) is 10.2 Å². The number of halogens is 3. The smallest absolute Gasteiger partial charge is 0.366 e. The average Bonchev–Trinajstić information content (AvgIpc) is 3.21. The molecule has 1 aromatic heterocycles. The van der Waals surface area contributed by atoms with Crippen LogP contribution in [0.25, 0.3) is 0 Å². The number of rotatable bonds is 4. The number of hydrogen-bond acceptors (Lipinski definition) is 6. The first kappa shape index (κ1) is 23.4. The van der Waals surface area contributed by atoms with Gasteiger partial charge in [0, 0.05) is 31.9 Å². The molecular weight excluding hydrogens is 455 g/mol. The number of urea groups is 1. The van der Waals surface area contributed by atoms with E-state index in [4.69, 9.17) is 0 Å². The van der Waals surface area contributed by atoms with Gasteiger partial charge in [-0.3, -0.25) is 19.8 Å². The maximum absolute atomic E-state index is 13.3. The zero-order valence-electron chi connectivity index (χ0n) is 18.4. The van der Waals surface area contributed by atoms with Gasteiger partial charge in [-0.1, -0.05) is 6.08 Å². The Morgan fingerprint density at radius 2 is 2.06 bits per heavy atom. The van der Waals surface area contributed by atoms with Crippen molar-refractivity contribution in [2.45, 2.75) is 37.6 Å².